The number of sulfonamides is 1. The summed E-state index contributed by atoms with van der Waals surface area (Å²) in [7, 11) is -4.14. The minimum absolute atomic E-state index is 0.125. The Hall–Kier alpha value is -1.70. The van der Waals surface area contributed by atoms with Crippen LogP contribution in [0.2, 0.25) is 0 Å². The zero-order valence-corrected chi connectivity index (χ0v) is 17.5. The first kappa shape index (κ1) is 23.0. The first-order valence-corrected chi connectivity index (χ1v) is 11.5. The average molecular weight is 453 g/mol. The molecule has 0 amide bonds. The number of aromatic nitrogens is 2. The van der Waals surface area contributed by atoms with Gasteiger partial charge in [-0.1, -0.05) is 0 Å². The van der Waals surface area contributed by atoms with Crippen molar-refractivity contribution in [2.45, 2.75) is 44.5 Å². The minimum Gasteiger partial charge on any atom is -0.393 e. The van der Waals surface area contributed by atoms with E-state index in [9.17, 15) is 26.7 Å². The van der Waals surface area contributed by atoms with E-state index in [-0.39, 0.29) is 6.54 Å². The molecule has 0 spiro atoms. The van der Waals surface area contributed by atoms with Crippen molar-refractivity contribution >= 4 is 21.8 Å². The molecule has 0 bridgehead atoms. The van der Waals surface area contributed by atoms with Gasteiger partial charge >= 0.3 is 6.18 Å². The molecule has 0 radical (unpaired) electrons. The number of piperazine rings is 1. The van der Waals surface area contributed by atoms with Crippen LogP contribution in [-0.2, 0) is 22.9 Å². The third-order valence-electron chi connectivity index (χ3n) is 5.15. The SMILES string of the molecule is CC(NS(=O)(=O)CCNc1nc(N2CCNCC2)nc2c1CC(O)CC2)C(F)(F)F. The Morgan fingerprint density at radius 2 is 2.00 bits per heavy atom. The normalized spacial score (nSPS) is 21.2. The van der Waals surface area contributed by atoms with Crippen molar-refractivity contribution in [1.29, 1.82) is 0 Å². The lowest BCUT2D eigenvalue weighted by Gasteiger charge is -2.30. The van der Waals surface area contributed by atoms with E-state index in [0.717, 1.165) is 44.4 Å². The number of aryl methyl sites for hydroxylation is 1. The van der Waals surface area contributed by atoms with Crippen molar-refractivity contribution in [3.05, 3.63) is 11.3 Å². The van der Waals surface area contributed by atoms with Crippen LogP contribution < -0.4 is 20.3 Å². The van der Waals surface area contributed by atoms with Gasteiger partial charge in [0.05, 0.1) is 17.6 Å². The number of aliphatic hydroxyl groups is 1. The number of aliphatic hydroxyl groups excluding tert-OH is 1. The van der Waals surface area contributed by atoms with Crippen LogP contribution in [0.5, 0.6) is 0 Å². The molecule has 30 heavy (non-hydrogen) atoms. The fraction of sp³-hybridized carbons (Fsp3) is 0.765. The van der Waals surface area contributed by atoms with Gasteiger partial charge in [-0.2, -0.15) is 18.2 Å². The molecule has 3 rings (SSSR count). The van der Waals surface area contributed by atoms with Crippen LogP contribution >= 0.6 is 0 Å². The Balaban J connectivity index is 1.72. The van der Waals surface area contributed by atoms with E-state index in [1.807, 2.05) is 4.90 Å². The highest BCUT2D eigenvalue weighted by atomic mass is 32.2. The highest BCUT2D eigenvalue weighted by Gasteiger charge is 2.38. The van der Waals surface area contributed by atoms with Crippen molar-refractivity contribution in [2.24, 2.45) is 0 Å². The zero-order chi connectivity index (χ0) is 21.9. The van der Waals surface area contributed by atoms with Gasteiger partial charge in [-0.05, 0) is 19.8 Å². The van der Waals surface area contributed by atoms with Crippen molar-refractivity contribution < 1.29 is 26.7 Å². The summed E-state index contributed by atoms with van der Waals surface area (Å²) in [4.78, 5) is 11.2. The summed E-state index contributed by atoms with van der Waals surface area (Å²) in [5, 5.41) is 16.2. The number of hydrogen-bond acceptors (Lipinski definition) is 8. The van der Waals surface area contributed by atoms with E-state index in [1.54, 1.807) is 4.72 Å². The van der Waals surface area contributed by atoms with Gasteiger partial charge in [0.25, 0.3) is 0 Å². The van der Waals surface area contributed by atoms with Crippen molar-refractivity contribution in [1.82, 2.24) is 20.0 Å². The first-order valence-electron chi connectivity index (χ1n) is 9.89. The quantitative estimate of drug-likeness (QED) is 0.457. The first-order chi connectivity index (χ1) is 14.0. The average Bonchev–Trinajstić information content (AvgIpc) is 2.67. The van der Waals surface area contributed by atoms with Gasteiger partial charge in [0.2, 0.25) is 16.0 Å². The fourth-order valence-corrected chi connectivity index (χ4v) is 4.59. The molecule has 0 saturated carbocycles. The zero-order valence-electron chi connectivity index (χ0n) is 16.7. The van der Waals surface area contributed by atoms with Crippen LogP contribution in [0.25, 0.3) is 0 Å². The van der Waals surface area contributed by atoms with E-state index in [0.29, 0.717) is 31.0 Å². The molecule has 1 saturated heterocycles. The molecule has 13 heteroatoms. The largest absolute Gasteiger partial charge is 0.404 e. The molecule has 9 nitrogen and oxygen atoms in total. The number of nitrogens with one attached hydrogen (secondary N) is 3. The van der Waals surface area contributed by atoms with Crippen LogP contribution in [0.3, 0.4) is 0 Å². The van der Waals surface area contributed by atoms with Crippen molar-refractivity contribution in [3.63, 3.8) is 0 Å². The Morgan fingerprint density at radius 3 is 2.67 bits per heavy atom. The lowest BCUT2D eigenvalue weighted by molar-refractivity contribution is -0.147. The molecular formula is C17H27F3N6O3S. The number of anilines is 2. The predicted octanol–water partition coefficient (Wildman–Crippen LogP) is 0.0179. The summed E-state index contributed by atoms with van der Waals surface area (Å²) in [5.41, 5.74) is 1.53. The number of hydrogen-bond donors (Lipinski definition) is 4. The number of rotatable bonds is 7. The van der Waals surface area contributed by atoms with E-state index in [2.05, 4.69) is 20.6 Å². The monoisotopic (exact) mass is 452 g/mol. The molecule has 2 aliphatic rings. The molecule has 1 fully saturated rings. The molecular weight excluding hydrogens is 425 g/mol. The number of nitrogens with zero attached hydrogens (tertiary/aromatic N) is 3. The summed E-state index contributed by atoms with van der Waals surface area (Å²) in [6.07, 6.45) is -3.69. The number of halogens is 3. The van der Waals surface area contributed by atoms with Crippen LogP contribution in [0.4, 0.5) is 24.9 Å². The van der Waals surface area contributed by atoms with E-state index in [4.69, 9.17) is 0 Å². The maximum Gasteiger partial charge on any atom is 0.404 e. The lowest BCUT2D eigenvalue weighted by Crippen LogP contribution is -2.45. The molecule has 1 aliphatic carbocycles. The summed E-state index contributed by atoms with van der Waals surface area (Å²) >= 11 is 0. The summed E-state index contributed by atoms with van der Waals surface area (Å²) in [6, 6.07) is -2.16. The summed E-state index contributed by atoms with van der Waals surface area (Å²) < 4.78 is 63.5. The highest BCUT2D eigenvalue weighted by Crippen LogP contribution is 2.28. The van der Waals surface area contributed by atoms with E-state index < -0.39 is 34.1 Å². The molecule has 2 unspecified atom stereocenters. The molecule has 2 atom stereocenters. The topological polar surface area (TPSA) is 119 Å². The molecule has 1 aliphatic heterocycles. The van der Waals surface area contributed by atoms with Crippen LogP contribution in [0.15, 0.2) is 0 Å². The maximum atomic E-state index is 12.6. The van der Waals surface area contributed by atoms with Crippen molar-refractivity contribution in [3.8, 4) is 0 Å². The number of alkyl halides is 3. The Morgan fingerprint density at radius 1 is 1.30 bits per heavy atom. The minimum atomic E-state index is -4.65. The van der Waals surface area contributed by atoms with E-state index in [1.165, 1.54) is 0 Å². The molecule has 2 heterocycles. The van der Waals surface area contributed by atoms with E-state index >= 15 is 0 Å². The molecule has 170 valence electrons. The van der Waals surface area contributed by atoms with Gasteiger partial charge in [0.15, 0.2) is 0 Å². The van der Waals surface area contributed by atoms with Crippen LogP contribution in [0.1, 0.15) is 24.6 Å². The second-order valence-corrected chi connectivity index (χ2v) is 9.43. The van der Waals surface area contributed by atoms with Crippen molar-refractivity contribution in [2.75, 3.05) is 48.7 Å². The van der Waals surface area contributed by atoms with Gasteiger partial charge in [-0.15, -0.1) is 0 Å². The molecule has 0 aromatic carbocycles. The summed E-state index contributed by atoms with van der Waals surface area (Å²) in [6.45, 7) is 3.68. The Kier molecular flexibility index (Phi) is 7.05. The fourth-order valence-electron chi connectivity index (χ4n) is 3.43. The van der Waals surface area contributed by atoms with Crippen LogP contribution in [0, 0.1) is 0 Å². The van der Waals surface area contributed by atoms with Gasteiger partial charge in [0.1, 0.15) is 11.9 Å². The predicted molar refractivity (Wildman–Crippen MR) is 106 cm³/mol. The third kappa shape index (κ3) is 5.93. The number of fused-ring (bicyclic) bond motifs is 1. The van der Waals surface area contributed by atoms with Crippen LogP contribution in [-0.4, -0.2) is 80.3 Å². The Labute approximate surface area is 173 Å². The van der Waals surface area contributed by atoms with Gasteiger partial charge < -0.3 is 20.6 Å². The molecule has 1 aromatic rings. The third-order valence-corrected chi connectivity index (χ3v) is 6.60. The maximum absolute atomic E-state index is 12.6. The second-order valence-electron chi connectivity index (χ2n) is 7.56. The highest BCUT2D eigenvalue weighted by molar-refractivity contribution is 7.89. The standard InChI is InChI=1S/C17H27F3N6O3S/c1-11(17(18,19)20)25-30(28,29)9-6-22-15-13-10-12(27)2-3-14(13)23-16(24-15)26-7-4-21-5-8-26/h11-12,21,25,27H,2-10H2,1H3,(H,22,23,24). The molecule has 1 aromatic heterocycles. The smallest absolute Gasteiger partial charge is 0.393 e. The molecule has 4 N–H and O–H groups in total. The van der Waals surface area contributed by atoms with Gasteiger partial charge in [-0.3, -0.25) is 0 Å². The lowest BCUT2D eigenvalue weighted by atomic mass is 9.94. The Bertz CT molecular complexity index is 846. The van der Waals surface area contributed by atoms with Gasteiger partial charge in [0, 0.05) is 44.7 Å². The summed E-state index contributed by atoms with van der Waals surface area (Å²) in [5.74, 6) is 0.407. The van der Waals surface area contributed by atoms with Gasteiger partial charge in [-0.25, -0.2) is 18.1 Å². The second kappa shape index (κ2) is 9.20.